The number of carboxylic acids is 1. The van der Waals surface area contributed by atoms with Crippen molar-refractivity contribution in [2.75, 3.05) is 6.54 Å². The molecule has 1 aliphatic rings. The van der Waals surface area contributed by atoms with Crippen LogP contribution in [0.2, 0.25) is 5.02 Å². The molecule has 3 rings (SSSR count). The Morgan fingerprint density at radius 1 is 1.45 bits per heavy atom. The molecule has 1 unspecified atom stereocenters. The number of aliphatic carboxylic acids is 1. The second-order valence-corrected chi connectivity index (χ2v) is 6.32. The summed E-state index contributed by atoms with van der Waals surface area (Å²) >= 11 is 8.06. The van der Waals surface area contributed by atoms with E-state index in [1.165, 1.54) is 0 Å². The fourth-order valence-corrected chi connectivity index (χ4v) is 4.16. The highest BCUT2D eigenvalue weighted by atomic mass is 35.5. The minimum absolute atomic E-state index is 0. The first-order valence-corrected chi connectivity index (χ1v) is 7.49. The molecule has 1 fully saturated rings. The molecule has 1 aromatic heterocycles. The molecule has 1 saturated heterocycles. The maximum absolute atomic E-state index is 11.2. The molecule has 0 amide bonds. The summed E-state index contributed by atoms with van der Waals surface area (Å²) in [6.45, 7) is 1.47. The molecule has 2 heterocycles. The molecular formula is C14H15Cl2NO2S. The topological polar surface area (TPSA) is 40.5 Å². The zero-order chi connectivity index (χ0) is 13.4. The molecule has 108 valence electrons. The predicted molar refractivity (Wildman–Crippen MR) is 85.2 cm³/mol. The van der Waals surface area contributed by atoms with Gasteiger partial charge < -0.3 is 5.11 Å². The minimum atomic E-state index is -0.727. The Bertz CT molecular complexity index is 629. The van der Waals surface area contributed by atoms with E-state index in [1.54, 1.807) is 11.3 Å². The molecule has 20 heavy (non-hydrogen) atoms. The molecule has 1 N–H and O–H groups in total. The minimum Gasteiger partial charge on any atom is -0.480 e. The van der Waals surface area contributed by atoms with Gasteiger partial charge in [-0.3, -0.25) is 9.69 Å². The summed E-state index contributed by atoms with van der Waals surface area (Å²) in [6.07, 6.45) is 1.68. The number of carbonyl (C=O) groups is 1. The highest BCUT2D eigenvalue weighted by Crippen LogP contribution is 2.36. The molecule has 3 nitrogen and oxygen atoms in total. The van der Waals surface area contributed by atoms with Gasteiger partial charge in [-0.1, -0.05) is 29.8 Å². The van der Waals surface area contributed by atoms with Crippen LogP contribution in [0.3, 0.4) is 0 Å². The fraction of sp³-hybridized carbons (Fsp3) is 0.357. The standard InChI is InChI=1S/C14H14ClNO2S.ClH/c15-13-9-4-1-2-6-11(9)19-12(13)8-16-7-3-5-10(16)14(17)18;/h1-2,4,6,10H,3,5,7-8H2,(H,17,18);1H. The zero-order valence-corrected chi connectivity index (χ0v) is 13.1. The van der Waals surface area contributed by atoms with E-state index in [0.29, 0.717) is 6.54 Å². The summed E-state index contributed by atoms with van der Waals surface area (Å²) in [5.41, 5.74) is 0. The van der Waals surface area contributed by atoms with Gasteiger partial charge in [0.15, 0.2) is 0 Å². The van der Waals surface area contributed by atoms with Crippen LogP contribution in [0.5, 0.6) is 0 Å². The number of benzene rings is 1. The Labute approximate surface area is 132 Å². The van der Waals surface area contributed by atoms with Crippen LogP contribution in [-0.4, -0.2) is 28.6 Å². The highest BCUT2D eigenvalue weighted by molar-refractivity contribution is 7.19. The normalized spacial score (nSPS) is 19.1. The summed E-state index contributed by atoms with van der Waals surface area (Å²) in [7, 11) is 0. The largest absolute Gasteiger partial charge is 0.480 e. The van der Waals surface area contributed by atoms with Crippen molar-refractivity contribution in [1.29, 1.82) is 0 Å². The van der Waals surface area contributed by atoms with Gasteiger partial charge in [0, 0.05) is 21.5 Å². The van der Waals surface area contributed by atoms with Crippen LogP contribution in [0, 0.1) is 0 Å². The molecule has 0 saturated carbocycles. The van der Waals surface area contributed by atoms with Crippen molar-refractivity contribution in [3.8, 4) is 0 Å². The van der Waals surface area contributed by atoms with Crippen molar-refractivity contribution in [3.63, 3.8) is 0 Å². The number of hydrogen-bond acceptors (Lipinski definition) is 3. The molecule has 0 aliphatic carbocycles. The first-order valence-electron chi connectivity index (χ1n) is 6.29. The van der Waals surface area contributed by atoms with E-state index < -0.39 is 5.97 Å². The summed E-state index contributed by atoms with van der Waals surface area (Å²) in [5, 5.41) is 11.0. The second-order valence-electron chi connectivity index (χ2n) is 4.80. The third-order valence-electron chi connectivity index (χ3n) is 3.60. The lowest BCUT2D eigenvalue weighted by Crippen LogP contribution is -2.35. The SMILES string of the molecule is Cl.O=C(O)C1CCCN1Cc1sc2ccccc2c1Cl. The Morgan fingerprint density at radius 2 is 2.20 bits per heavy atom. The number of nitrogens with zero attached hydrogens (tertiary/aromatic N) is 1. The number of thiophene rings is 1. The van der Waals surface area contributed by atoms with E-state index in [9.17, 15) is 9.90 Å². The van der Waals surface area contributed by atoms with Crippen molar-refractivity contribution in [2.45, 2.75) is 25.4 Å². The van der Waals surface area contributed by atoms with Gasteiger partial charge in [-0.2, -0.15) is 0 Å². The smallest absolute Gasteiger partial charge is 0.320 e. The number of fused-ring (bicyclic) bond motifs is 1. The van der Waals surface area contributed by atoms with E-state index in [4.69, 9.17) is 11.6 Å². The number of halogens is 2. The van der Waals surface area contributed by atoms with Gasteiger partial charge in [0.25, 0.3) is 0 Å². The molecule has 1 aromatic carbocycles. The van der Waals surface area contributed by atoms with Gasteiger partial charge in [-0.25, -0.2) is 0 Å². The van der Waals surface area contributed by atoms with E-state index in [1.807, 2.05) is 29.2 Å². The second kappa shape index (κ2) is 6.31. The van der Waals surface area contributed by atoms with E-state index in [0.717, 1.165) is 39.4 Å². The van der Waals surface area contributed by atoms with Crippen LogP contribution in [0.25, 0.3) is 10.1 Å². The van der Waals surface area contributed by atoms with Gasteiger partial charge in [-0.05, 0) is 25.5 Å². The van der Waals surface area contributed by atoms with Crippen molar-refractivity contribution < 1.29 is 9.90 Å². The van der Waals surface area contributed by atoms with Crippen LogP contribution in [-0.2, 0) is 11.3 Å². The Morgan fingerprint density at radius 3 is 2.90 bits per heavy atom. The fourth-order valence-electron chi connectivity index (χ4n) is 2.65. The monoisotopic (exact) mass is 331 g/mol. The average Bonchev–Trinajstić information content (AvgIpc) is 2.97. The van der Waals surface area contributed by atoms with Gasteiger partial charge in [0.1, 0.15) is 6.04 Å². The summed E-state index contributed by atoms with van der Waals surface area (Å²) in [4.78, 5) is 14.3. The lowest BCUT2D eigenvalue weighted by molar-refractivity contribution is -0.142. The zero-order valence-electron chi connectivity index (χ0n) is 10.7. The van der Waals surface area contributed by atoms with Crippen molar-refractivity contribution in [2.24, 2.45) is 0 Å². The van der Waals surface area contributed by atoms with E-state index >= 15 is 0 Å². The van der Waals surface area contributed by atoms with E-state index in [-0.39, 0.29) is 18.4 Å². The number of hydrogen-bond donors (Lipinski definition) is 1. The van der Waals surface area contributed by atoms with Gasteiger partial charge in [0.05, 0.1) is 5.02 Å². The molecule has 1 aliphatic heterocycles. The summed E-state index contributed by atoms with van der Waals surface area (Å²) < 4.78 is 1.16. The lowest BCUT2D eigenvalue weighted by Gasteiger charge is -2.20. The molecule has 6 heteroatoms. The maximum atomic E-state index is 11.2. The molecule has 2 aromatic rings. The predicted octanol–water partition coefficient (Wildman–Crippen LogP) is 4.03. The molecule has 0 spiro atoms. The van der Waals surface area contributed by atoms with Crippen LogP contribution in [0.1, 0.15) is 17.7 Å². The highest BCUT2D eigenvalue weighted by Gasteiger charge is 2.31. The summed E-state index contributed by atoms with van der Waals surface area (Å²) in [6, 6.07) is 7.67. The van der Waals surface area contributed by atoms with Crippen LogP contribution in [0.4, 0.5) is 0 Å². The number of carboxylic acid groups (broad SMARTS) is 1. The van der Waals surface area contributed by atoms with Gasteiger partial charge in [-0.15, -0.1) is 23.7 Å². The number of rotatable bonds is 3. The molecule has 1 atom stereocenters. The summed E-state index contributed by atoms with van der Waals surface area (Å²) in [5.74, 6) is -0.727. The average molecular weight is 332 g/mol. The molecular weight excluding hydrogens is 317 g/mol. The van der Waals surface area contributed by atoms with Crippen LogP contribution in [0.15, 0.2) is 24.3 Å². The van der Waals surface area contributed by atoms with E-state index in [2.05, 4.69) is 0 Å². The first kappa shape index (κ1) is 15.6. The molecule has 0 bridgehead atoms. The lowest BCUT2D eigenvalue weighted by atomic mass is 10.2. The van der Waals surface area contributed by atoms with Gasteiger partial charge >= 0.3 is 5.97 Å². The third kappa shape index (κ3) is 2.79. The Hall–Kier alpha value is -0.810. The Balaban J connectivity index is 0.00000147. The Kier molecular flexibility index (Phi) is 4.91. The van der Waals surface area contributed by atoms with Crippen molar-refractivity contribution >= 4 is 51.4 Å². The quantitative estimate of drug-likeness (QED) is 0.923. The van der Waals surface area contributed by atoms with Crippen LogP contribution < -0.4 is 0 Å². The third-order valence-corrected chi connectivity index (χ3v) is 5.30. The van der Waals surface area contributed by atoms with Crippen LogP contribution >= 0.6 is 35.3 Å². The molecule has 0 radical (unpaired) electrons. The van der Waals surface area contributed by atoms with Crippen molar-refractivity contribution in [3.05, 3.63) is 34.2 Å². The first-order chi connectivity index (χ1) is 9.16. The van der Waals surface area contributed by atoms with Gasteiger partial charge in [0.2, 0.25) is 0 Å². The maximum Gasteiger partial charge on any atom is 0.320 e. The van der Waals surface area contributed by atoms with Crippen molar-refractivity contribution in [1.82, 2.24) is 4.90 Å². The number of likely N-dealkylation sites (tertiary alicyclic amines) is 1.